The van der Waals surface area contributed by atoms with Crippen LogP contribution in [0.25, 0.3) is 11.1 Å². The fourth-order valence-electron chi connectivity index (χ4n) is 4.32. The molecule has 0 spiro atoms. The van der Waals surface area contributed by atoms with E-state index in [0.29, 0.717) is 29.0 Å². The van der Waals surface area contributed by atoms with E-state index in [2.05, 4.69) is 33.4 Å². The highest BCUT2D eigenvalue weighted by atomic mass is 79.9. The molecule has 0 aromatic heterocycles. The molecule has 1 amide bonds. The van der Waals surface area contributed by atoms with Gasteiger partial charge in [0, 0.05) is 17.7 Å². The van der Waals surface area contributed by atoms with Crippen molar-refractivity contribution in [3.8, 4) is 22.6 Å². The summed E-state index contributed by atoms with van der Waals surface area (Å²) in [7, 11) is 1.52. The lowest BCUT2D eigenvalue weighted by Crippen LogP contribution is -2.42. The summed E-state index contributed by atoms with van der Waals surface area (Å²) in [6.45, 7) is 0.580. The maximum absolute atomic E-state index is 12.6. The van der Waals surface area contributed by atoms with E-state index in [4.69, 9.17) is 14.2 Å². The van der Waals surface area contributed by atoms with Crippen LogP contribution in [0.1, 0.15) is 22.6 Å². The second kappa shape index (κ2) is 11.3. The molecule has 1 unspecified atom stereocenters. The molecule has 1 atom stereocenters. The third-order valence-electron chi connectivity index (χ3n) is 5.94. The van der Waals surface area contributed by atoms with Crippen molar-refractivity contribution in [3.63, 3.8) is 0 Å². The van der Waals surface area contributed by atoms with E-state index in [9.17, 15) is 14.7 Å². The molecule has 0 radical (unpaired) electrons. The Kier molecular flexibility index (Phi) is 7.92. The normalized spacial score (nSPS) is 12.9. The molecule has 4 rings (SSSR count). The van der Waals surface area contributed by atoms with Crippen LogP contribution in [-0.2, 0) is 16.0 Å². The molecular formula is C27H26BrNO6. The zero-order valence-corrected chi connectivity index (χ0v) is 20.8. The maximum Gasteiger partial charge on any atom is 0.407 e. The van der Waals surface area contributed by atoms with Gasteiger partial charge in [0.2, 0.25) is 0 Å². The van der Waals surface area contributed by atoms with Gasteiger partial charge in [0.15, 0.2) is 11.5 Å². The topological polar surface area (TPSA) is 94.1 Å². The van der Waals surface area contributed by atoms with Crippen LogP contribution in [0, 0.1) is 0 Å². The van der Waals surface area contributed by atoms with Gasteiger partial charge in [-0.15, -0.1) is 0 Å². The number of carbonyl (C=O) groups excluding carboxylic acids is 1. The summed E-state index contributed by atoms with van der Waals surface area (Å²) < 4.78 is 16.5. The predicted octanol–water partition coefficient (Wildman–Crippen LogP) is 5.00. The molecule has 8 heteroatoms. The number of ether oxygens (including phenoxy) is 3. The number of halogens is 1. The average molecular weight is 540 g/mol. The highest BCUT2D eigenvalue weighted by Gasteiger charge is 2.30. The molecule has 0 saturated heterocycles. The summed E-state index contributed by atoms with van der Waals surface area (Å²) in [4.78, 5) is 24.4. The largest absolute Gasteiger partial charge is 0.493 e. The zero-order chi connectivity index (χ0) is 24.8. The molecule has 0 heterocycles. The minimum Gasteiger partial charge on any atom is -0.493 e. The molecule has 0 fully saturated rings. The molecule has 7 nitrogen and oxygen atoms in total. The first kappa shape index (κ1) is 24.6. The lowest BCUT2D eigenvalue weighted by atomic mass is 9.98. The van der Waals surface area contributed by atoms with E-state index in [1.807, 2.05) is 36.4 Å². The number of amides is 1. The Labute approximate surface area is 212 Å². The molecule has 35 heavy (non-hydrogen) atoms. The minimum absolute atomic E-state index is 0.0641. The Balaban J connectivity index is 1.41. The fourth-order valence-corrected chi connectivity index (χ4v) is 4.49. The van der Waals surface area contributed by atoms with Gasteiger partial charge in [-0.1, -0.05) is 70.5 Å². The number of hydrogen-bond acceptors (Lipinski definition) is 5. The molecule has 3 aromatic carbocycles. The number of aliphatic carboxylic acids is 1. The summed E-state index contributed by atoms with van der Waals surface area (Å²) in [5.74, 6) is -0.203. The van der Waals surface area contributed by atoms with Crippen molar-refractivity contribution in [2.24, 2.45) is 0 Å². The van der Waals surface area contributed by atoms with Crippen molar-refractivity contribution >= 4 is 28.0 Å². The average Bonchev–Trinajstić information content (AvgIpc) is 3.19. The van der Waals surface area contributed by atoms with Gasteiger partial charge in [0.1, 0.15) is 12.6 Å². The molecule has 1 aliphatic carbocycles. The summed E-state index contributed by atoms with van der Waals surface area (Å²) in [5.41, 5.74) is 5.10. The summed E-state index contributed by atoms with van der Waals surface area (Å²) in [6, 6.07) is 20.1. The maximum atomic E-state index is 12.6. The van der Waals surface area contributed by atoms with E-state index in [0.717, 1.165) is 22.3 Å². The third kappa shape index (κ3) is 5.59. The molecular weight excluding hydrogens is 514 g/mol. The second-order valence-electron chi connectivity index (χ2n) is 8.09. The van der Waals surface area contributed by atoms with Crippen LogP contribution in [0.3, 0.4) is 0 Å². The zero-order valence-electron chi connectivity index (χ0n) is 19.2. The van der Waals surface area contributed by atoms with Gasteiger partial charge >= 0.3 is 12.1 Å². The first-order valence-corrected chi connectivity index (χ1v) is 12.3. The minimum atomic E-state index is -1.16. The van der Waals surface area contributed by atoms with Crippen LogP contribution in [0.15, 0.2) is 66.7 Å². The monoisotopic (exact) mass is 539 g/mol. The number of benzene rings is 3. The number of hydrogen-bond donors (Lipinski definition) is 2. The van der Waals surface area contributed by atoms with E-state index in [1.54, 1.807) is 18.2 Å². The SMILES string of the molecule is COc1cc(CC(NC(=O)OCC2c3ccccc3-c3ccccc32)C(=O)O)ccc1OCCBr. The Bertz CT molecular complexity index is 1170. The summed E-state index contributed by atoms with van der Waals surface area (Å²) in [5, 5.41) is 12.8. The number of methoxy groups -OCH3 is 1. The highest BCUT2D eigenvalue weighted by molar-refractivity contribution is 9.09. The number of rotatable bonds is 10. The number of fused-ring (bicyclic) bond motifs is 3. The molecule has 1 aliphatic rings. The van der Waals surface area contributed by atoms with Crippen LogP contribution < -0.4 is 14.8 Å². The number of alkyl carbamates (subject to hydrolysis) is 1. The first-order chi connectivity index (χ1) is 17.0. The number of carbonyl (C=O) groups is 2. The fraction of sp³-hybridized carbons (Fsp3) is 0.259. The van der Waals surface area contributed by atoms with Crippen molar-refractivity contribution in [2.75, 3.05) is 25.7 Å². The lowest BCUT2D eigenvalue weighted by Gasteiger charge is -2.18. The first-order valence-electron chi connectivity index (χ1n) is 11.2. The molecule has 0 aliphatic heterocycles. The Hall–Kier alpha value is -3.52. The predicted molar refractivity (Wildman–Crippen MR) is 136 cm³/mol. The van der Waals surface area contributed by atoms with Gasteiger partial charge in [0.05, 0.1) is 13.7 Å². The third-order valence-corrected chi connectivity index (χ3v) is 6.26. The van der Waals surface area contributed by atoms with Crippen LogP contribution in [0.2, 0.25) is 0 Å². The number of alkyl halides is 1. The second-order valence-corrected chi connectivity index (χ2v) is 8.88. The van der Waals surface area contributed by atoms with Crippen molar-refractivity contribution in [2.45, 2.75) is 18.4 Å². The number of carboxylic acids is 1. The molecule has 2 N–H and O–H groups in total. The van der Waals surface area contributed by atoms with E-state index in [-0.39, 0.29) is 18.9 Å². The van der Waals surface area contributed by atoms with Crippen LogP contribution in [0.5, 0.6) is 11.5 Å². The molecule has 0 bridgehead atoms. The number of carboxylic acid groups (broad SMARTS) is 1. The quantitative estimate of drug-likeness (QED) is 0.352. The Morgan fingerprint density at radius 1 is 1.00 bits per heavy atom. The standard InChI is InChI=1S/C27H26BrNO6/c1-33-25-15-17(10-11-24(25)34-13-12-28)14-23(26(30)31)29-27(32)35-16-22-20-8-4-2-6-18(20)19-7-3-5-9-21(19)22/h2-11,15,22-23H,12-14,16H2,1H3,(H,29,32)(H,30,31). The lowest BCUT2D eigenvalue weighted by molar-refractivity contribution is -0.139. The van der Waals surface area contributed by atoms with E-state index >= 15 is 0 Å². The van der Waals surface area contributed by atoms with Gasteiger partial charge < -0.3 is 24.6 Å². The number of nitrogens with one attached hydrogen (secondary N) is 1. The smallest absolute Gasteiger partial charge is 0.407 e. The van der Waals surface area contributed by atoms with Gasteiger partial charge in [-0.3, -0.25) is 0 Å². The van der Waals surface area contributed by atoms with Gasteiger partial charge in [-0.2, -0.15) is 0 Å². The van der Waals surface area contributed by atoms with Crippen LogP contribution in [0.4, 0.5) is 4.79 Å². The van der Waals surface area contributed by atoms with Crippen molar-refractivity contribution < 1.29 is 28.9 Å². The molecule has 182 valence electrons. The van der Waals surface area contributed by atoms with Crippen molar-refractivity contribution in [3.05, 3.63) is 83.4 Å². The van der Waals surface area contributed by atoms with Crippen LogP contribution >= 0.6 is 15.9 Å². The van der Waals surface area contributed by atoms with Gasteiger partial charge in [-0.25, -0.2) is 9.59 Å². The summed E-state index contributed by atoms with van der Waals surface area (Å²) in [6.07, 6.45) is -0.710. The van der Waals surface area contributed by atoms with E-state index in [1.165, 1.54) is 7.11 Å². The highest BCUT2D eigenvalue weighted by Crippen LogP contribution is 2.44. The Morgan fingerprint density at radius 3 is 2.26 bits per heavy atom. The molecule has 0 saturated carbocycles. The van der Waals surface area contributed by atoms with E-state index < -0.39 is 18.1 Å². The molecule has 3 aromatic rings. The van der Waals surface area contributed by atoms with Crippen molar-refractivity contribution in [1.29, 1.82) is 0 Å². The van der Waals surface area contributed by atoms with Crippen molar-refractivity contribution in [1.82, 2.24) is 5.32 Å². The van der Waals surface area contributed by atoms with Gasteiger partial charge in [-0.05, 0) is 39.9 Å². The summed E-state index contributed by atoms with van der Waals surface area (Å²) >= 11 is 3.31. The van der Waals surface area contributed by atoms with Crippen LogP contribution in [-0.4, -0.2) is 48.9 Å². The van der Waals surface area contributed by atoms with Gasteiger partial charge in [0.25, 0.3) is 0 Å². The Morgan fingerprint density at radius 2 is 1.66 bits per heavy atom.